The maximum Gasteiger partial charge on any atom is 0.354 e. The molecule has 0 saturated heterocycles. The lowest BCUT2D eigenvalue weighted by molar-refractivity contribution is 0.137. The van der Waals surface area contributed by atoms with Gasteiger partial charge in [-0.25, -0.2) is 4.79 Å². The molecule has 160 valence electrons. The van der Waals surface area contributed by atoms with Crippen LogP contribution in [-0.4, -0.2) is 44.7 Å². The highest BCUT2D eigenvalue weighted by atomic mass is 16.5. The number of benzene rings is 1. The molecule has 0 spiro atoms. The highest BCUT2D eigenvalue weighted by Gasteiger charge is 2.09. The van der Waals surface area contributed by atoms with E-state index in [4.69, 9.17) is 29.0 Å². The molecule has 29 heavy (non-hydrogen) atoms. The minimum Gasteiger partial charge on any atom is -0.490 e. The Morgan fingerprint density at radius 1 is 1.03 bits per heavy atom. The van der Waals surface area contributed by atoms with Gasteiger partial charge in [0.25, 0.3) is 0 Å². The Labute approximate surface area is 171 Å². The van der Waals surface area contributed by atoms with Crippen molar-refractivity contribution in [2.75, 3.05) is 39.6 Å². The van der Waals surface area contributed by atoms with Crippen molar-refractivity contribution in [3.63, 3.8) is 0 Å². The summed E-state index contributed by atoms with van der Waals surface area (Å²) in [5, 5.41) is 17.8. The fourth-order valence-corrected chi connectivity index (χ4v) is 2.40. The molecular weight excluding hydrogens is 374 g/mol. The van der Waals surface area contributed by atoms with Crippen molar-refractivity contribution in [3.05, 3.63) is 40.2 Å². The Balaban J connectivity index is 0.000000447. The second-order valence-corrected chi connectivity index (χ2v) is 6.11. The molecule has 0 amide bonds. The number of unbranched alkanes of at least 4 members (excludes halogenated alkanes) is 2. The van der Waals surface area contributed by atoms with E-state index in [0.717, 1.165) is 52.1 Å². The van der Waals surface area contributed by atoms with Gasteiger partial charge in [-0.1, -0.05) is 12.1 Å². The van der Waals surface area contributed by atoms with E-state index in [1.807, 2.05) is 19.9 Å². The molecule has 1 heterocycles. The van der Waals surface area contributed by atoms with Gasteiger partial charge < -0.3 is 23.7 Å². The van der Waals surface area contributed by atoms with E-state index >= 15 is 0 Å². The van der Waals surface area contributed by atoms with E-state index in [1.54, 1.807) is 18.2 Å². The van der Waals surface area contributed by atoms with Crippen LogP contribution in [0.2, 0.25) is 0 Å². The molecule has 2 aromatic rings. The van der Waals surface area contributed by atoms with Gasteiger partial charge in [0.2, 0.25) is 0 Å². The molecule has 0 aliphatic heterocycles. The number of aliphatic hydroxyl groups is 1. The quantitative estimate of drug-likeness (QED) is 0.425. The number of rotatable bonds is 12. The van der Waals surface area contributed by atoms with E-state index in [-0.39, 0.29) is 12.2 Å². The normalized spacial score (nSPS) is 10.3. The Hall–Kier alpha value is -2.40. The third-order valence-electron chi connectivity index (χ3n) is 3.89. The molecule has 0 aliphatic carbocycles. The van der Waals surface area contributed by atoms with Gasteiger partial charge in [-0.3, -0.25) is 0 Å². The fourth-order valence-electron chi connectivity index (χ4n) is 2.40. The number of nitrogens with zero attached hydrogens (tertiary/aromatic N) is 1. The standard InChI is InChI=1S/C16H17NO4.C6H14O2/c1-2-19-8-3-4-9-20-14-7-5-6-12-10-13(11-17)16(18)21-15(12)14;1-2-8-6-4-3-5-7/h5-7,10H,2-4,8-9H2,1H3;7H,2-6H2,1H3. The van der Waals surface area contributed by atoms with Crippen molar-refractivity contribution in [3.8, 4) is 11.8 Å². The molecule has 0 aliphatic rings. The number of para-hydroxylation sites is 1. The summed E-state index contributed by atoms with van der Waals surface area (Å²) in [5.41, 5.74) is -0.264. The maximum atomic E-state index is 11.6. The minimum absolute atomic E-state index is 0.00337. The first-order valence-electron chi connectivity index (χ1n) is 10.0. The monoisotopic (exact) mass is 405 g/mol. The topological polar surface area (TPSA) is 102 Å². The number of nitriles is 1. The second kappa shape index (κ2) is 15.5. The second-order valence-electron chi connectivity index (χ2n) is 6.11. The van der Waals surface area contributed by atoms with Crippen molar-refractivity contribution in [1.82, 2.24) is 0 Å². The van der Waals surface area contributed by atoms with E-state index in [0.29, 0.717) is 23.3 Å². The van der Waals surface area contributed by atoms with Crippen molar-refractivity contribution in [2.45, 2.75) is 39.5 Å². The van der Waals surface area contributed by atoms with Gasteiger partial charge in [0, 0.05) is 38.4 Å². The predicted molar refractivity (Wildman–Crippen MR) is 111 cm³/mol. The van der Waals surface area contributed by atoms with Gasteiger partial charge >= 0.3 is 5.63 Å². The van der Waals surface area contributed by atoms with Crippen molar-refractivity contribution in [1.29, 1.82) is 5.26 Å². The van der Waals surface area contributed by atoms with Crippen LogP contribution in [0.3, 0.4) is 0 Å². The molecule has 0 atom stereocenters. The van der Waals surface area contributed by atoms with Crippen LogP contribution in [0.25, 0.3) is 11.0 Å². The van der Waals surface area contributed by atoms with E-state index in [9.17, 15) is 4.79 Å². The first-order valence-corrected chi connectivity index (χ1v) is 10.0. The van der Waals surface area contributed by atoms with Gasteiger partial charge in [-0.15, -0.1) is 0 Å². The van der Waals surface area contributed by atoms with Gasteiger partial charge in [0.05, 0.1) is 6.61 Å². The number of aliphatic hydroxyl groups excluding tert-OH is 1. The predicted octanol–water partition coefficient (Wildman–Crippen LogP) is 3.66. The molecule has 0 saturated carbocycles. The largest absolute Gasteiger partial charge is 0.490 e. The third kappa shape index (κ3) is 9.57. The SMILES string of the molecule is CCOCCCCO.CCOCCCCOc1cccc2cc(C#N)c(=O)oc12. The van der Waals surface area contributed by atoms with Gasteiger partial charge in [0.1, 0.15) is 11.6 Å². The molecule has 0 unspecified atom stereocenters. The third-order valence-corrected chi connectivity index (χ3v) is 3.89. The van der Waals surface area contributed by atoms with E-state index in [1.165, 1.54) is 6.07 Å². The summed E-state index contributed by atoms with van der Waals surface area (Å²) in [6.45, 7) is 7.75. The van der Waals surface area contributed by atoms with Crippen LogP contribution in [0.4, 0.5) is 0 Å². The average molecular weight is 405 g/mol. The summed E-state index contributed by atoms with van der Waals surface area (Å²) in [5.74, 6) is 0.519. The van der Waals surface area contributed by atoms with E-state index < -0.39 is 5.63 Å². The molecular formula is C22H31NO6. The lowest BCUT2D eigenvalue weighted by Crippen LogP contribution is -2.05. The summed E-state index contributed by atoms with van der Waals surface area (Å²) < 4.78 is 21.1. The Kier molecular flexibility index (Phi) is 13.2. The van der Waals surface area contributed by atoms with Crippen LogP contribution >= 0.6 is 0 Å². The minimum atomic E-state index is -0.641. The van der Waals surface area contributed by atoms with Crippen molar-refractivity contribution < 1.29 is 23.7 Å². The summed E-state index contributed by atoms with van der Waals surface area (Å²) >= 11 is 0. The molecule has 2 rings (SSSR count). The number of ether oxygens (including phenoxy) is 3. The average Bonchev–Trinajstić information content (AvgIpc) is 2.74. The van der Waals surface area contributed by atoms with Crippen molar-refractivity contribution in [2.24, 2.45) is 0 Å². The number of hydrogen-bond donors (Lipinski definition) is 1. The zero-order valence-electron chi connectivity index (χ0n) is 17.3. The van der Waals surface area contributed by atoms with Crippen LogP contribution < -0.4 is 10.4 Å². The van der Waals surface area contributed by atoms with Crippen LogP contribution in [-0.2, 0) is 9.47 Å². The highest BCUT2D eigenvalue weighted by Crippen LogP contribution is 2.25. The Morgan fingerprint density at radius 3 is 2.31 bits per heavy atom. The summed E-state index contributed by atoms with van der Waals surface area (Å²) in [6.07, 6.45) is 3.61. The van der Waals surface area contributed by atoms with Crippen LogP contribution in [0.5, 0.6) is 5.75 Å². The molecule has 0 bridgehead atoms. The van der Waals surface area contributed by atoms with Gasteiger partial charge in [-0.2, -0.15) is 5.26 Å². The van der Waals surface area contributed by atoms with Gasteiger partial charge in [0.15, 0.2) is 11.3 Å². The summed E-state index contributed by atoms with van der Waals surface area (Å²) in [6, 6.07) is 8.67. The smallest absolute Gasteiger partial charge is 0.354 e. The molecule has 7 heteroatoms. The Bertz CT molecular complexity index is 790. The molecule has 1 N–H and O–H groups in total. The van der Waals surface area contributed by atoms with Crippen molar-refractivity contribution >= 4 is 11.0 Å². The lowest BCUT2D eigenvalue weighted by atomic mass is 10.2. The fraction of sp³-hybridized carbons (Fsp3) is 0.545. The molecule has 1 aromatic carbocycles. The summed E-state index contributed by atoms with van der Waals surface area (Å²) in [7, 11) is 0. The maximum absolute atomic E-state index is 11.6. The molecule has 0 radical (unpaired) electrons. The molecule has 1 aromatic heterocycles. The lowest BCUT2D eigenvalue weighted by Gasteiger charge is -2.08. The molecule has 0 fully saturated rings. The first-order chi connectivity index (χ1) is 14.2. The first kappa shape index (κ1) is 24.6. The van der Waals surface area contributed by atoms with Crippen LogP contribution in [0.1, 0.15) is 45.1 Å². The molecule has 7 nitrogen and oxygen atoms in total. The summed E-state index contributed by atoms with van der Waals surface area (Å²) in [4.78, 5) is 11.6. The number of fused-ring (bicyclic) bond motifs is 1. The Morgan fingerprint density at radius 2 is 1.69 bits per heavy atom. The van der Waals surface area contributed by atoms with Crippen LogP contribution in [0, 0.1) is 11.3 Å². The highest BCUT2D eigenvalue weighted by molar-refractivity contribution is 5.83. The van der Waals surface area contributed by atoms with E-state index in [2.05, 4.69) is 0 Å². The zero-order valence-corrected chi connectivity index (χ0v) is 17.3. The number of hydrogen-bond acceptors (Lipinski definition) is 7. The van der Waals surface area contributed by atoms with Crippen LogP contribution in [0.15, 0.2) is 33.5 Å². The van der Waals surface area contributed by atoms with Gasteiger partial charge in [-0.05, 0) is 51.7 Å². The zero-order chi connectivity index (χ0) is 21.3.